The monoisotopic (exact) mass is 591 g/mol. The van der Waals surface area contributed by atoms with Crippen molar-refractivity contribution in [1.82, 2.24) is 15.0 Å². The van der Waals surface area contributed by atoms with Gasteiger partial charge in [0.25, 0.3) is 0 Å². The molecule has 5 nitrogen and oxygen atoms in total. The average Bonchev–Trinajstić information content (AvgIpc) is 2.74. The van der Waals surface area contributed by atoms with Crippen molar-refractivity contribution in [3.63, 3.8) is 0 Å². The molecule has 31 heavy (non-hydrogen) atoms. The number of aromatic nitrogens is 3. The van der Waals surface area contributed by atoms with Gasteiger partial charge in [-0.3, -0.25) is 4.98 Å². The van der Waals surface area contributed by atoms with Crippen molar-refractivity contribution in [2.75, 3.05) is 0 Å². The number of hydrogen-bond donors (Lipinski definition) is 1. The second-order valence-corrected chi connectivity index (χ2v) is 7.92. The minimum absolute atomic E-state index is 0. The van der Waals surface area contributed by atoms with E-state index in [1.165, 1.54) is 0 Å². The van der Waals surface area contributed by atoms with E-state index >= 15 is 0 Å². The van der Waals surface area contributed by atoms with Crippen LogP contribution in [0, 0.1) is 6.07 Å². The molecule has 0 unspecified atom stereocenters. The zero-order chi connectivity index (χ0) is 21.1. The summed E-state index contributed by atoms with van der Waals surface area (Å²) >= 11 is 0. The van der Waals surface area contributed by atoms with Gasteiger partial charge in [0.2, 0.25) is 5.88 Å². The van der Waals surface area contributed by atoms with Gasteiger partial charge in [-0.25, -0.2) is 9.97 Å². The van der Waals surface area contributed by atoms with E-state index in [1.807, 2.05) is 54.6 Å². The number of aromatic hydroxyl groups is 1. The molecule has 2 aromatic heterocycles. The van der Waals surface area contributed by atoms with Gasteiger partial charge in [-0.15, -0.1) is 23.8 Å². The van der Waals surface area contributed by atoms with E-state index in [9.17, 15) is 5.11 Å². The molecule has 0 fully saturated rings. The molecule has 160 valence electrons. The molecule has 1 N–H and O–H groups in total. The van der Waals surface area contributed by atoms with Crippen molar-refractivity contribution < 1.29 is 30.9 Å². The van der Waals surface area contributed by atoms with Gasteiger partial charge >= 0.3 is 0 Å². The molecule has 2 heterocycles. The molecule has 0 radical (unpaired) electrons. The van der Waals surface area contributed by atoms with Gasteiger partial charge in [0.1, 0.15) is 5.75 Å². The fourth-order valence-corrected chi connectivity index (χ4v) is 3.14. The molecule has 0 saturated heterocycles. The molecule has 0 aliphatic carbocycles. The van der Waals surface area contributed by atoms with E-state index in [2.05, 4.69) is 41.8 Å². The number of phenols is 1. The second-order valence-electron chi connectivity index (χ2n) is 7.92. The van der Waals surface area contributed by atoms with E-state index in [0.29, 0.717) is 28.7 Å². The van der Waals surface area contributed by atoms with Crippen molar-refractivity contribution in [2.24, 2.45) is 0 Å². The number of para-hydroxylation sites is 1. The number of benzene rings is 2. The Balaban J connectivity index is 0.00000272. The maximum absolute atomic E-state index is 10.8. The zero-order valence-electron chi connectivity index (χ0n) is 17.4. The Bertz CT molecular complexity index is 1170. The van der Waals surface area contributed by atoms with Gasteiger partial charge in [0.05, 0.1) is 5.56 Å². The number of ether oxygens (including phenoxy) is 1. The molecule has 6 heteroatoms. The molecule has 4 aromatic rings. The molecule has 0 aliphatic heterocycles. The maximum atomic E-state index is 10.8. The van der Waals surface area contributed by atoms with Crippen molar-refractivity contribution in [3.8, 4) is 40.0 Å². The fraction of sp³-hybridized carbons (Fsp3) is 0.160. The van der Waals surface area contributed by atoms with Crippen LogP contribution in [0.25, 0.3) is 22.6 Å². The quantitative estimate of drug-likeness (QED) is 0.304. The standard InChI is InChI=1S/C25H22N3O2.Pt/c1-25(2,3)20-11-7-10-19(23(20)29)24-27-15-13-21(28-24)17-8-6-9-18(16-17)30-22-12-4-5-14-26-22;/h4-15,29H,1-3H3;/q-1;. The van der Waals surface area contributed by atoms with Crippen LogP contribution in [0.3, 0.4) is 0 Å². The number of pyridine rings is 1. The normalized spacial score (nSPS) is 10.9. The third-order valence-electron chi connectivity index (χ3n) is 4.64. The van der Waals surface area contributed by atoms with Crippen LogP contribution in [0.15, 0.2) is 73.1 Å². The first kappa shape index (κ1) is 22.6. The van der Waals surface area contributed by atoms with E-state index < -0.39 is 0 Å². The Morgan fingerprint density at radius 2 is 1.68 bits per heavy atom. The van der Waals surface area contributed by atoms with Crippen LogP contribution in [0.1, 0.15) is 26.3 Å². The third-order valence-corrected chi connectivity index (χ3v) is 4.64. The minimum atomic E-state index is -0.192. The molecule has 0 aliphatic rings. The van der Waals surface area contributed by atoms with E-state index in [4.69, 9.17) is 4.74 Å². The third kappa shape index (κ3) is 5.18. The van der Waals surface area contributed by atoms with Gasteiger partial charge < -0.3 is 9.84 Å². The predicted molar refractivity (Wildman–Crippen MR) is 116 cm³/mol. The van der Waals surface area contributed by atoms with Crippen molar-refractivity contribution in [3.05, 3.63) is 84.7 Å². The number of hydrogen-bond acceptors (Lipinski definition) is 5. The van der Waals surface area contributed by atoms with Crippen LogP contribution in [0.2, 0.25) is 0 Å². The van der Waals surface area contributed by atoms with Crippen LogP contribution in [0.5, 0.6) is 17.4 Å². The van der Waals surface area contributed by atoms with Gasteiger partial charge in [0.15, 0.2) is 5.82 Å². The molecule has 0 saturated carbocycles. The van der Waals surface area contributed by atoms with Crippen LogP contribution in [-0.2, 0) is 26.5 Å². The molecular weight excluding hydrogens is 569 g/mol. The average molecular weight is 592 g/mol. The smallest absolute Gasteiger partial charge is 0.217 e. The first-order valence-corrected chi connectivity index (χ1v) is 9.69. The Morgan fingerprint density at radius 1 is 0.871 bits per heavy atom. The van der Waals surface area contributed by atoms with Gasteiger partial charge in [-0.2, -0.15) is 0 Å². The Hall–Kier alpha value is -3.04. The molecule has 0 bridgehead atoms. The topological polar surface area (TPSA) is 68.1 Å². The number of phenolic OH excluding ortho intramolecular Hbond substituents is 1. The zero-order valence-corrected chi connectivity index (χ0v) is 19.7. The molecule has 0 atom stereocenters. The van der Waals surface area contributed by atoms with Crippen molar-refractivity contribution in [2.45, 2.75) is 26.2 Å². The summed E-state index contributed by atoms with van der Waals surface area (Å²) in [6, 6.07) is 21.8. The van der Waals surface area contributed by atoms with Gasteiger partial charge in [0, 0.05) is 45.3 Å². The number of nitrogens with zero attached hydrogens (tertiary/aromatic N) is 3. The summed E-state index contributed by atoms with van der Waals surface area (Å²) in [7, 11) is 0. The summed E-state index contributed by atoms with van der Waals surface area (Å²) < 4.78 is 5.78. The summed E-state index contributed by atoms with van der Waals surface area (Å²) in [5, 5.41) is 10.8. The summed E-state index contributed by atoms with van der Waals surface area (Å²) in [6.45, 7) is 6.18. The van der Waals surface area contributed by atoms with Crippen LogP contribution in [-0.4, -0.2) is 20.1 Å². The maximum Gasteiger partial charge on any atom is 0.217 e. The number of rotatable bonds is 4. The SMILES string of the molecule is CC(C)(C)c1cccc(-c2nccc(-c3[c-]c(Oc4ccccn4)ccc3)n2)c1O.[Pt]. The van der Waals surface area contributed by atoms with Crippen molar-refractivity contribution >= 4 is 0 Å². The molecule has 0 amide bonds. The van der Waals surface area contributed by atoms with E-state index in [0.717, 1.165) is 11.1 Å². The Morgan fingerprint density at radius 3 is 2.42 bits per heavy atom. The van der Waals surface area contributed by atoms with Gasteiger partial charge in [-0.1, -0.05) is 51.1 Å². The van der Waals surface area contributed by atoms with E-state index in [-0.39, 0.29) is 32.2 Å². The first-order chi connectivity index (χ1) is 14.4. The molecular formula is C25H22N3O2Pt-. The molecule has 4 rings (SSSR count). The van der Waals surface area contributed by atoms with Crippen LogP contribution < -0.4 is 4.74 Å². The van der Waals surface area contributed by atoms with E-state index in [1.54, 1.807) is 18.5 Å². The first-order valence-electron chi connectivity index (χ1n) is 9.69. The Kier molecular flexibility index (Phi) is 6.87. The minimum Gasteiger partial charge on any atom is -0.507 e. The Labute approximate surface area is 196 Å². The summed E-state index contributed by atoms with van der Waals surface area (Å²) in [4.78, 5) is 13.2. The van der Waals surface area contributed by atoms with Crippen molar-refractivity contribution in [1.29, 1.82) is 0 Å². The summed E-state index contributed by atoms with van der Waals surface area (Å²) in [5.74, 6) is 1.71. The van der Waals surface area contributed by atoms with Crippen LogP contribution >= 0.6 is 0 Å². The molecule has 0 spiro atoms. The summed E-state index contributed by atoms with van der Waals surface area (Å²) in [5.41, 5.74) is 2.71. The molecule has 2 aromatic carbocycles. The fourth-order valence-electron chi connectivity index (χ4n) is 3.14. The summed E-state index contributed by atoms with van der Waals surface area (Å²) in [6.07, 6.45) is 3.36. The van der Waals surface area contributed by atoms with Crippen LogP contribution in [0.4, 0.5) is 0 Å². The largest absolute Gasteiger partial charge is 0.507 e. The second kappa shape index (κ2) is 9.40. The van der Waals surface area contributed by atoms with Gasteiger partial charge in [-0.05, 0) is 28.8 Å². The predicted octanol–water partition coefficient (Wildman–Crippen LogP) is 5.80.